The summed E-state index contributed by atoms with van der Waals surface area (Å²) in [6, 6.07) is 2.29. The van der Waals surface area contributed by atoms with Crippen LogP contribution in [0.25, 0.3) is 6.08 Å². The van der Waals surface area contributed by atoms with E-state index < -0.39 is 23.4 Å². The first kappa shape index (κ1) is 18.0. The van der Waals surface area contributed by atoms with E-state index in [9.17, 15) is 22.0 Å². The Morgan fingerprint density at radius 2 is 1.61 bits per heavy atom. The Bertz CT molecular complexity index is 528. The minimum atomic E-state index is -4.59. The van der Waals surface area contributed by atoms with Crippen molar-refractivity contribution in [1.82, 2.24) is 0 Å². The lowest BCUT2D eigenvalue weighted by molar-refractivity contribution is -0.0790. The third-order valence-corrected chi connectivity index (χ3v) is 4.55. The van der Waals surface area contributed by atoms with Gasteiger partial charge in [0.05, 0.1) is 0 Å². The lowest BCUT2D eigenvalue weighted by Gasteiger charge is -2.26. The van der Waals surface area contributed by atoms with Crippen LogP contribution in [0.15, 0.2) is 18.2 Å². The summed E-state index contributed by atoms with van der Waals surface area (Å²) in [5.74, 6) is -0.571. The summed E-state index contributed by atoms with van der Waals surface area (Å²) in [6.07, 6.45) is 1.77. The van der Waals surface area contributed by atoms with Gasteiger partial charge in [0.25, 0.3) is 0 Å². The van der Waals surface area contributed by atoms with Crippen LogP contribution in [0.4, 0.5) is 22.0 Å². The molecular weight excluding hydrogens is 311 g/mol. The van der Waals surface area contributed by atoms with E-state index in [0.717, 1.165) is 37.3 Å². The van der Waals surface area contributed by atoms with Gasteiger partial charge in [0.1, 0.15) is 11.6 Å². The average molecular weight is 332 g/mol. The predicted molar refractivity (Wildman–Crippen MR) is 80.9 cm³/mol. The molecule has 0 aromatic heterocycles. The van der Waals surface area contributed by atoms with E-state index in [0.29, 0.717) is 24.0 Å². The van der Waals surface area contributed by atoms with Gasteiger partial charge in [-0.25, -0.2) is 8.78 Å². The van der Waals surface area contributed by atoms with Gasteiger partial charge in [0.2, 0.25) is 0 Å². The van der Waals surface area contributed by atoms with Crippen molar-refractivity contribution in [2.24, 2.45) is 11.8 Å². The molecule has 1 aromatic rings. The Kier molecular flexibility index (Phi) is 5.82. The molecule has 1 aromatic carbocycles. The average Bonchev–Trinajstić information content (AvgIpc) is 2.44. The molecule has 128 valence electrons. The van der Waals surface area contributed by atoms with E-state index in [1.165, 1.54) is 12.8 Å². The van der Waals surface area contributed by atoms with E-state index >= 15 is 0 Å². The number of rotatable bonds is 4. The van der Waals surface area contributed by atoms with Crippen LogP contribution >= 0.6 is 0 Å². The van der Waals surface area contributed by atoms with Crippen molar-refractivity contribution in [2.45, 2.75) is 51.6 Å². The highest BCUT2D eigenvalue weighted by Crippen LogP contribution is 2.31. The Labute approximate surface area is 133 Å². The van der Waals surface area contributed by atoms with Gasteiger partial charge >= 0.3 is 6.18 Å². The first-order chi connectivity index (χ1) is 10.7. The van der Waals surface area contributed by atoms with Crippen molar-refractivity contribution in [1.29, 1.82) is 0 Å². The quantitative estimate of drug-likeness (QED) is 0.568. The van der Waals surface area contributed by atoms with Gasteiger partial charge in [-0.05, 0) is 48.4 Å². The van der Waals surface area contributed by atoms with Crippen molar-refractivity contribution in [3.63, 3.8) is 0 Å². The molecule has 0 amide bonds. The maximum absolute atomic E-state index is 13.8. The molecule has 2 rings (SSSR count). The Hall–Kier alpha value is -1.39. The summed E-state index contributed by atoms with van der Waals surface area (Å²) < 4.78 is 64.0. The van der Waals surface area contributed by atoms with Gasteiger partial charge in [-0.15, -0.1) is 0 Å². The molecule has 0 saturated heterocycles. The van der Waals surface area contributed by atoms with Gasteiger partial charge in [0, 0.05) is 11.6 Å². The summed E-state index contributed by atoms with van der Waals surface area (Å²) in [5.41, 5.74) is -0.139. The van der Waals surface area contributed by atoms with Gasteiger partial charge in [-0.2, -0.15) is 13.2 Å². The van der Waals surface area contributed by atoms with Gasteiger partial charge in [-0.3, -0.25) is 0 Å². The molecule has 1 aliphatic carbocycles. The molecule has 0 bridgehead atoms. The fourth-order valence-electron chi connectivity index (χ4n) is 3.11. The molecule has 0 nitrogen and oxygen atoms in total. The smallest absolute Gasteiger partial charge is 0.206 e. The summed E-state index contributed by atoms with van der Waals surface area (Å²) in [7, 11) is 0. The van der Waals surface area contributed by atoms with Crippen molar-refractivity contribution in [3.05, 3.63) is 41.0 Å². The molecule has 0 aliphatic heterocycles. The molecular formula is C18H21F5. The molecule has 1 fully saturated rings. The zero-order valence-electron chi connectivity index (χ0n) is 13.1. The number of alkyl halides is 3. The minimum Gasteiger partial charge on any atom is -0.206 e. The van der Waals surface area contributed by atoms with Crippen LogP contribution in [0.2, 0.25) is 0 Å². The number of benzene rings is 1. The Balaban J connectivity index is 2.00. The molecule has 5 heteroatoms. The number of halogens is 5. The number of hydrogen-bond acceptors (Lipinski definition) is 0. The maximum atomic E-state index is 13.8. The van der Waals surface area contributed by atoms with Crippen molar-refractivity contribution in [3.8, 4) is 0 Å². The van der Waals surface area contributed by atoms with E-state index in [2.05, 4.69) is 6.92 Å². The normalized spacial score (nSPS) is 22.7. The van der Waals surface area contributed by atoms with Crippen LogP contribution in [0.3, 0.4) is 0 Å². The second kappa shape index (κ2) is 7.45. The molecule has 0 unspecified atom stereocenters. The van der Waals surface area contributed by atoms with Gasteiger partial charge in [0.15, 0.2) is 0 Å². The summed E-state index contributed by atoms with van der Waals surface area (Å²) >= 11 is 0. The minimum absolute atomic E-state index is 0.155. The van der Waals surface area contributed by atoms with Crippen molar-refractivity contribution >= 4 is 6.08 Å². The molecule has 0 radical (unpaired) electrons. The summed E-state index contributed by atoms with van der Waals surface area (Å²) in [5, 5.41) is 0. The zero-order valence-corrected chi connectivity index (χ0v) is 13.1. The molecule has 0 spiro atoms. The lowest BCUT2D eigenvalue weighted by atomic mass is 9.80. The molecule has 1 saturated carbocycles. The van der Waals surface area contributed by atoms with E-state index in [1.54, 1.807) is 0 Å². The molecule has 0 N–H and O–H groups in total. The van der Waals surface area contributed by atoms with Crippen LogP contribution in [0.1, 0.15) is 50.2 Å². The lowest BCUT2D eigenvalue weighted by Crippen LogP contribution is -2.13. The fourth-order valence-corrected chi connectivity index (χ4v) is 3.11. The Morgan fingerprint density at radius 1 is 1.04 bits per heavy atom. The second-order valence-electron chi connectivity index (χ2n) is 6.51. The number of hydrogen-bond donors (Lipinski definition) is 0. The van der Waals surface area contributed by atoms with Crippen LogP contribution in [0.5, 0.6) is 0 Å². The first-order valence-electron chi connectivity index (χ1n) is 7.98. The zero-order chi connectivity index (χ0) is 17.0. The van der Waals surface area contributed by atoms with Crippen LogP contribution in [-0.4, -0.2) is 6.18 Å². The van der Waals surface area contributed by atoms with Crippen molar-refractivity contribution < 1.29 is 22.0 Å². The molecule has 0 heterocycles. The number of allylic oxidation sites excluding steroid dienone is 1. The van der Waals surface area contributed by atoms with Crippen molar-refractivity contribution in [2.75, 3.05) is 0 Å². The molecule has 0 atom stereocenters. The Morgan fingerprint density at radius 3 is 2.13 bits per heavy atom. The van der Waals surface area contributed by atoms with E-state index in [-0.39, 0.29) is 6.08 Å². The van der Waals surface area contributed by atoms with Crippen LogP contribution < -0.4 is 0 Å². The molecule has 23 heavy (non-hydrogen) atoms. The SMILES string of the molecule is CC1CCC(CCc2cc(F)c(/C=C/C(F)(F)F)c(F)c2)CC1. The summed E-state index contributed by atoms with van der Waals surface area (Å²) in [4.78, 5) is 0. The predicted octanol–water partition coefficient (Wildman–Crippen LogP) is 6.30. The number of aryl methyl sites for hydroxylation is 1. The monoisotopic (exact) mass is 332 g/mol. The molecule has 1 aliphatic rings. The standard InChI is InChI=1S/C18H21F5/c1-12-2-4-13(5-3-12)6-7-14-10-16(19)15(17(20)11-14)8-9-18(21,22)23/h8-13H,2-7H2,1H3/b9-8+. The third kappa shape index (κ3) is 5.63. The second-order valence-corrected chi connectivity index (χ2v) is 6.51. The highest BCUT2D eigenvalue weighted by molar-refractivity contribution is 5.52. The van der Waals surface area contributed by atoms with Gasteiger partial charge < -0.3 is 0 Å². The first-order valence-corrected chi connectivity index (χ1v) is 7.98. The fraction of sp³-hybridized carbons (Fsp3) is 0.556. The largest absolute Gasteiger partial charge is 0.409 e. The van der Waals surface area contributed by atoms with Crippen LogP contribution in [0, 0.1) is 23.5 Å². The van der Waals surface area contributed by atoms with Gasteiger partial charge in [-0.1, -0.05) is 32.6 Å². The van der Waals surface area contributed by atoms with E-state index in [1.807, 2.05) is 0 Å². The van der Waals surface area contributed by atoms with Crippen LogP contribution in [-0.2, 0) is 6.42 Å². The highest BCUT2D eigenvalue weighted by Gasteiger charge is 2.23. The highest BCUT2D eigenvalue weighted by atomic mass is 19.4. The summed E-state index contributed by atoms with van der Waals surface area (Å²) in [6.45, 7) is 2.23. The topological polar surface area (TPSA) is 0 Å². The maximum Gasteiger partial charge on any atom is 0.409 e. The van der Waals surface area contributed by atoms with E-state index in [4.69, 9.17) is 0 Å². The third-order valence-electron chi connectivity index (χ3n) is 4.55.